The Labute approximate surface area is 164 Å². The number of carbonyl (C=O) groups excluding carboxylic acids is 1. The molecule has 0 radical (unpaired) electrons. The number of aliphatic hydroxyl groups is 3. The normalized spacial score (nSPS) is 17.9. The molecule has 0 atom stereocenters. The number of allylic oxidation sites excluding steroid dienone is 4. The highest BCUT2D eigenvalue weighted by Crippen LogP contribution is 2.38. The van der Waals surface area contributed by atoms with Gasteiger partial charge in [-0.2, -0.15) is 0 Å². The van der Waals surface area contributed by atoms with Crippen LogP contribution in [0.4, 0.5) is 0 Å². The molecule has 2 aromatic rings. The molecule has 28 heavy (non-hydrogen) atoms. The van der Waals surface area contributed by atoms with Crippen molar-refractivity contribution >= 4 is 16.9 Å². The summed E-state index contributed by atoms with van der Waals surface area (Å²) in [5.74, 6) is -0.0198. The van der Waals surface area contributed by atoms with E-state index >= 15 is 0 Å². The lowest BCUT2D eigenvalue weighted by Gasteiger charge is -2.34. The van der Waals surface area contributed by atoms with E-state index < -0.39 is 5.41 Å². The van der Waals surface area contributed by atoms with Crippen LogP contribution in [0.5, 0.6) is 0 Å². The summed E-state index contributed by atoms with van der Waals surface area (Å²) >= 11 is 0. The molecule has 0 saturated carbocycles. The minimum absolute atomic E-state index is 0.0198. The molecule has 0 fully saturated rings. The number of carbonyl (C=O) groups is 1. The van der Waals surface area contributed by atoms with Crippen molar-refractivity contribution in [1.29, 1.82) is 0 Å². The number of benzene rings is 2. The van der Waals surface area contributed by atoms with Crippen LogP contribution in [0, 0.1) is 5.41 Å². The molecule has 4 nitrogen and oxygen atoms in total. The first-order chi connectivity index (χ1) is 13.6. The average Bonchev–Trinajstić information content (AvgIpc) is 3.24. The third-order valence-corrected chi connectivity index (χ3v) is 5.87. The van der Waals surface area contributed by atoms with Crippen LogP contribution in [0.2, 0.25) is 0 Å². The summed E-state index contributed by atoms with van der Waals surface area (Å²) < 4.78 is 0. The quantitative estimate of drug-likeness (QED) is 0.749. The maximum Gasteiger partial charge on any atom is 0.163 e. The molecule has 3 N–H and O–H groups in total. The van der Waals surface area contributed by atoms with Crippen molar-refractivity contribution in [3.05, 3.63) is 82.4 Å². The molecule has 0 aliphatic heterocycles. The first-order valence-electron chi connectivity index (χ1n) is 9.56. The van der Waals surface area contributed by atoms with Gasteiger partial charge in [-0.25, -0.2) is 0 Å². The van der Waals surface area contributed by atoms with Crippen LogP contribution >= 0.6 is 0 Å². The van der Waals surface area contributed by atoms with E-state index in [1.54, 1.807) is 0 Å². The van der Waals surface area contributed by atoms with Gasteiger partial charge in [0.15, 0.2) is 5.78 Å². The fourth-order valence-corrected chi connectivity index (χ4v) is 4.14. The molecule has 0 saturated heterocycles. The highest BCUT2D eigenvalue weighted by atomic mass is 16.3. The van der Waals surface area contributed by atoms with Gasteiger partial charge in [0.2, 0.25) is 0 Å². The first-order valence-corrected chi connectivity index (χ1v) is 9.56. The third kappa shape index (κ3) is 3.35. The predicted octanol–water partition coefficient (Wildman–Crippen LogP) is 3.15. The zero-order chi connectivity index (χ0) is 19.7. The number of hydrogen-bond donors (Lipinski definition) is 3. The van der Waals surface area contributed by atoms with Gasteiger partial charge in [0, 0.05) is 17.4 Å². The van der Waals surface area contributed by atoms with Crippen molar-refractivity contribution in [1.82, 2.24) is 0 Å². The Morgan fingerprint density at radius 3 is 2.50 bits per heavy atom. The van der Waals surface area contributed by atoms with Gasteiger partial charge in [-0.15, -0.1) is 0 Å². The Kier molecular flexibility index (Phi) is 5.02. The van der Waals surface area contributed by atoms with Crippen molar-refractivity contribution < 1.29 is 20.1 Å². The van der Waals surface area contributed by atoms with E-state index in [4.69, 9.17) is 0 Å². The van der Waals surface area contributed by atoms with Crippen LogP contribution in [0.3, 0.4) is 0 Å². The van der Waals surface area contributed by atoms with E-state index in [9.17, 15) is 20.1 Å². The van der Waals surface area contributed by atoms with Gasteiger partial charge < -0.3 is 15.3 Å². The molecule has 2 aromatic carbocycles. The minimum atomic E-state index is -0.745. The predicted molar refractivity (Wildman–Crippen MR) is 109 cm³/mol. The highest BCUT2D eigenvalue weighted by molar-refractivity contribution is 6.00. The van der Waals surface area contributed by atoms with E-state index in [0.29, 0.717) is 12.0 Å². The lowest BCUT2D eigenvalue weighted by Crippen LogP contribution is -2.38. The van der Waals surface area contributed by atoms with Gasteiger partial charge in [-0.3, -0.25) is 4.79 Å². The Morgan fingerprint density at radius 1 is 0.929 bits per heavy atom. The number of aliphatic hydroxyl groups excluding tert-OH is 3. The number of rotatable bonds is 5. The summed E-state index contributed by atoms with van der Waals surface area (Å²) in [6.45, 7) is -0.364. The van der Waals surface area contributed by atoms with Gasteiger partial charge >= 0.3 is 0 Å². The molecule has 4 rings (SSSR count). The van der Waals surface area contributed by atoms with Crippen molar-refractivity contribution in [2.45, 2.75) is 25.9 Å². The monoisotopic (exact) mass is 376 g/mol. The highest BCUT2D eigenvalue weighted by Gasteiger charge is 2.37. The Morgan fingerprint density at radius 2 is 1.75 bits per heavy atom. The summed E-state index contributed by atoms with van der Waals surface area (Å²) in [6.07, 6.45) is 5.78. The van der Waals surface area contributed by atoms with E-state index in [0.717, 1.165) is 39.8 Å². The van der Waals surface area contributed by atoms with Gasteiger partial charge in [0.1, 0.15) is 0 Å². The lowest BCUT2D eigenvalue weighted by molar-refractivity contribution is 0.0387. The molecule has 0 amide bonds. The number of ketones is 1. The van der Waals surface area contributed by atoms with Crippen molar-refractivity contribution in [3.8, 4) is 0 Å². The fraction of sp³-hybridized carbons (Fsp3) is 0.292. The molecule has 0 aromatic heterocycles. The number of hydrogen-bond acceptors (Lipinski definition) is 4. The molecule has 4 heteroatoms. The Balaban J connectivity index is 1.62. The Bertz CT molecular complexity index is 980. The largest absolute Gasteiger partial charge is 0.396 e. The maximum atomic E-state index is 12.7. The van der Waals surface area contributed by atoms with Gasteiger partial charge in [0.25, 0.3) is 0 Å². The standard InChI is InChI=1S/C24H24O4/c25-13-16-2-1-3-17(8-16)18-4-5-19(9-18)20-6-7-21-11-24(14-26,15-27)12-23(28)22(21)10-20/h1-4,6-10,25-27H,5,11-15H2. The second-order valence-corrected chi connectivity index (χ2v) is 7.86. The second-order valence-electron chi connectivity index (χ2n) is 7.86. The molecule has 2 aliphatic carbocycles. The molecule has 2 aliphatic rings. The molecule has 0 heterocycles. The molecule has 144 valence electrons. The van der Waals surface area contributed by atoms with Crippen LogP contribution < -0.4 is 0 Å². The summed E-state index contributed by atoms with van der Waals surface area (Å²) in [4.78, 5) is 12.7. The van der Waals surface area contributed by atoms with E-state index in [-0.39, 0.29) is 32.0 Å². The maximum absolute atomic E-state index is 12.7. The number of fused-ring (bicyclic) bond motifs is 1. The molecular formula is C24H24O4. The second kappa shape index (κ2) is 7.47. The van der Waals surface area contributed by atoms with Crippen LogP contribution in [-0.2, 0) is 13.0 Å². The van der Waals surface area contributed by atoms with Crippen LogP contribution in [-0.4, -0.2) is 34.3 Å². The first kappa shape index (κ1) is 18.8. The summed E-state index contributed by atoms with van der Waals surface area (Å²) in [7, 11) is 0. The van der Waals surface area contributed by atoms with Crippen molar-refractivity contribution in [2.75, 3.05) is 13.2 Å². The van der Waals surface area contributed by atoms with E-state index in [1.165, 1.54) is 0 Å². The summed E-state index contributed by atoms with van der Waals surface area (Å²) in [5, 5.41) is 28.6. The summed E-state index contributed by atoms with van der Waals surface area (Å²) in [6, 6.07) is 13.8. The van der Waals surface area contributed by atoms with Gasteiger partial charge in [-0.1, -0.05) is 42.5 Å². The molecule has 0 bridgehead atoms. The minimum Gasteiger partial charge on any atom is -0.396 e. The zero-order valence-electron chi connectivity index (χ0n) is 15.7. The molecular weight excluding hydrogens is 352 g/mol. The van der Waals surface area contributed by atoms with Crippen LogP contribution in [0.1, 0.15) is 45.5 Å². The Hall–Kier alpha value is -2.53. The zero-order valence-corrected chi connectivity index (χ0v) is 15.7. The third-order valence-electron chi connectivity index (χ3n) is 5.87. The fourth-order valence-electron chi connectivity index (χ4n) is 4.14. The van der Waals surface area contributed by atoms with Crippen LogP contribution in [0.15, 0.2) is 54.6 Å². The summed E-state index contributed by atoms with van der Waals surface area (Å²) in [5.41, 5.74) is 6.11. The van der Waals surface area contributed by atoms with Gasteiger partial charge in [0.05, 0.1) is 19.8 Å². The van der Waals surface area contributed by atoms with E-state index in [2.05, 4.69) is 12.2 Å². The SMILES string of the molecule is O=C1CC(CO)(CO)Cc2ccc(C3=CC(c4cccc(CO)c4)=CC3)cc21. The van der Waals surface area contributed by atoms with Gasteiger partial charge in [-0.05, 0) is 58.4 Å². The number of Topliss-reactive ketones (excluding diaryl/α,β-unsaturated/α-hetero) is 1. The average molecular weight is 376 g/mol. The smallest absolute Gasteiger partial charge is 0.163 e. The van der Waals surface area contributed by atoms with Crippen molar-refractivity contribution in [3.63, 3.8) is 0 Å². The molecule has 0 unspecified atom stereocenters. The van der Waals surface area contributed by atoms with Crippen molar-refractivity contribution in [2.24, 2.45) is 5.41 Å². The lowest BCUT2D eigenvalue weighted by atomic mass is 9.71. The molecule has 0 spiro atoms. The van der Waals surface area contributed by atoms with Crippen LogP contribution in [0.25, 0.3) is 11.1 Å². The topological polar surface area (TPSA) is 77.8 Å². The van der Waals surface area contributed by atoms with E-state index in [1.807, 2.05) is 42.5 Å².